The molecule has 1 saturated carbocycles. The van der Waals surface area contributed by atoms with Crippen molar-refractivity contribution >= 4 is 27.7 Å². The lowest BCUT2D eigenvalue weighted by atomic mass is 10.0. The highest BCUT2D eigenvalue weighted by atomic mass is 16.5. The van der Waals surface area contributed by atoms with Crippen LogP contribution in [0.2, 0.25) is 0 Å². The van der Waals surface area contributed by atoms with Crippen molar-refractivity contribution < 1.29 is 9.53 Å². The highest BCUT2D eigenvalue weighted by Crippen LogP contribution is 2.38. The number of nitrogens with two attached hydrogens (primary N) is 1. The molecule has 0 unspecified atom stereocenters. The number of benzene rings is 3. The van der Waals surface area contributed by atoms with Gasteiger partial charge in [0.2, 0.25) is 5.91 Å². The van der Waals surface area contributed by atoms with Crippen LogP contribution in [-0.2, 0) is 6.54 Å². The van der Waals surface area contributed by atoms with E-state index in [1.807, 2.05) is 24.3 Å². The molecule has 1 aliphatic carbocycles. The number of hydrogen-bond acceptors (Lipinski definition) is 2. The number of carbonyl (C=O) groups is 1. The second-order valence-corrected chi connectivity index (χ2v) is 7.58. The van der Waals surface area contributed by atoms with Gasteiger partial charge >= 0.3 is 0 Å². The molecule has 1 heterocycles. The first-order chi connectivity index (χ1) is 13.7. The lowest BCUT2D eigenvalue weighted by Crippen LogP contribution is -2.11. The summed E-state index contributed by atoms with van der Waals surface area (Å²) in [6, 6.07) is 20.4. The zero-order valence-electron chi connectivity index (χ0n) is 15.8. The summed E-state index contributed by atoms with van der Waals surface area (Å²) in [6.45, 7) is 0.980. The number of ether oxygens (including phenoxy) is 1. The molecule has 0 atom stereocenters. The van der Waals surface area contributed by atoms with Gasteiger partial charge in [0, 0.05) is 33.9 Å². The number of amides is 1. The highest BCUT2D eigenvalue weighted by molar-refractivity contribution is 6.18. The number of aromatic nitrogens is 1. The van der Waals surface area contributed by atoms with Gasteiger partial charge in [-0.25, -0.2) is 0 Å². The maximum atomic E-state index is 12.1. The number of rotatable bonds is 5. The van der Waals surface area contributed by atoms with Crippen molar-refractivity contribution in [2.45, 2.75) is 19.4 Å². The predicted octanol–water partition coefficient (Wildman–Crippen LogP) is 4.98. The van der Waals surface area contributed by atoms with E-state index >= 15 is 0 Å². The molecule has 0 spiro atoms. The van der Waals surface area contributed by atoms with Crippen LogP contribution in [0.5, 0.6) is 5.75 Å². The van der Waals surface area contributed by atoms with E-state index in [0.29, 0.717) is 5.56 Å². The van der Waals surface area contributed by atoms with Crippen molar-refractivity contribution in [2.75, 3.05) is 7.11 Å². The molecule has 5 rings (SSSR count). The molecule has 1 aliphatic rings. The largest absolute Gasteiger partial charge is 0.497 e. The van der Waals surface area contributed by atoms with Crippen LogP contribution in [0.25, 0.3) is 32.9 Å². The Bertz CT molecular complexity index is 1200. The van der Waals surface area contributed by atoms with Gasteiger partial charge in [-0.05, 0) is 60.2 Å². The van der Waals surface area contributed by atoms with Gasteiger partial charge in [0.15, 0.2) is 0 Å². The fourth-order valence-corrected chi connectivity index (χ4v) is 4.07. The minimum absolute atomic E-state index is 0.379. The zero-order chi connectivity index (χ0) is 19.3. The molecule has 2 N–H and O–H groups in total. The summed E-state index contributed by atoms with van der Waals surface area (Å²) in [4.78, 5) is 12.1. The molecule has 3 aromatic carbocycles. The van der Waals surface area contributed by atoms with Crippen molar-refractivity contribution in [1.82, 2.24) is 4.57 Å². The summed E-state index contributed by atoms with van der Waals surface area (Å²) in [5.41, 5.74) is 10.8. The molecule has 4 aromatic rings. The van der Waals surface area contributed by atoms with E-state index in [9.17, 15) is 4.79 Å². The number of fused-ring (bicyclic) bond motifs is 3. The Morgan fingerprint density at radius 2 is 1.79 bits per heavy atom. The van der Waals surface area contributed by atoms with Crippen LogP contribution in [0.15, 0.2) is 60.7 Å². The Labute approximate surface area is 163 Å². The first kappa shape index (κ1) is 16.9. The lowest BCUT2D eigenvalue weighted by Gasteiger charge is -2.08. The molecule has 28 heavy (non-hydrogen) atoms. The van der Waals surface area contributed by atoms with Gasteiger partial charge in [0.1, 0.15) is 5.75 Å². The maximum absolute atomic E-state index is 12.1. The van der Waals surface area contributed by atoms with Crippen molar-refractivity contribution in [3.8, 4) is 16.9 Å². The van der Waals surface area contributed by atoms with E-state index in [0.717, 1.165) is 51.1 Å². The maximum Gasteiger partial charge on any atom is 0.249 e. The average molecular weight is 370 g/mol. The van der Waals surface area contributed by atoms with E-state index in [4.69, 9.17) is 10.5 Å². The quantitative estimate of drug-likeness (QED) is 0.539. The standard InChI is InChI=1S/C24H22N2O2/c1-28-18-10-7-16(8-11-18)17-9-12-19-22(13-17)26(14-15-5-6-15)21-4-2-3-20(23(19)21)24(25)27/h2-4,7-13,15H,5-6,14H2,1H3,(H2,25,27). The average Bonchev–Trinajstić information content (AvgIpc) is 3.50. The van der Waals surface area contributed by atoms with Crippen molar-refractivity contribution in [3.05, 3.63) is 66.2 Å². The fourth-order valence-electron chi connectivity index (χ4n) is 4.07. The monoisotopic (exact) mass is 370 g/mol. The first-order valence-electron chi connectivity index (χ1n) is 9.65. The Morgan fingerprint density at radius 3 is 2.46 bits per heavy atom. The number of nitrogens with zero attached hydrogens (tertiary/aromatic N) is 1. The van der Waals surface area contributed by atoms with Gasteiger partial charge in [-0.15, -0.1) is 0 Å². The van der Waals surface area contributed by atoms with Gasteiger partial charge in [-0.3, -0.25) is 4.79 Å². The number of hydrogen-bond donors (Lipinski definition) is 1. The van der Waals surface area contributed by atoms with Crippen LogP contribution in [-0.4, -0.2) is 17.6 Å². The third-order valence-electron chi connectivity index (χ3n) is 5.72. The van der Waals surface area contributed by atoms with Gasteiger partial charge in [0.25, 0.3) is 0 Å². The summed E-state index contributed by atoms with van der Waals surface area (Å²) in [6.07, 6.45) is 2.55. The van der Waals surface area contributed by atoms with Gasteiger partial charge in [-0.1, -0.05) is 30.3 Å². The van der Waals surface area contributed by atoms with Crippen molar-refractivity contribution in [3.63, 3.8) is 0 Å². The molecular weight excluding hydrogens is 348 g/mol. The van der Waals surface area contributed by atoms with Crippen LogP contribution < -0.4 is 10.5 Å². The minimum atomic E-state index is -0.379. The van der Waals surface area contributed by atoms with Crippen LogP contribution in [0, 0.1) is 5.92 Å². The molecule has 0 saturated heterocycles. The van der Waals surface area contributed by atoms with E-state index in [1.165, 1.54) is 12.8 Å². The van der Waals surface area contributed by atoms with Crippen LogP contribution in [0.1, 0.15) is 23.2 Å². The van der Waals surface area contributed by atoms with Crippen LogP contribution in [0.4, 0.5) is 0 Å². The summed E-state index contributed by atoms with van der Waals surface area (Å²) < 4.78 is 7.64. The molecule has 140 valence electrons. The smallest absolute Gasteiger partial charge is 0.249 e. The molecular formula is C24H22N2O2. The second-order valence-electron chi connectivity index (χ2n) is 7.58. The fraction of sp³-hybridized carbons (Fsp3) is 0.208. The van der Waals surface area contributed by atoms with E-state index in [1.54, 1.807) is 7.11 Å². The second kappa shape index (κ2) is 6.41. The third-order valence-corrected chi connectivity index (χ3v) is 5.72. The van der Waals surface area contributed by atoms with E-state index in [-0.39, 0.29) is 5.91 Å². The number of primary amides is 1. The molecule has 1 amide bonds. The Balaban J connectivity index is 1.75. The first-order valence-corrected chi connectivity index (χ1v) is 9.65. The molecule has 4 heteroatoms. The van der Waals surface area contributed by atoms with Gasteiger partial charge in [-0.2, -0.15) is 0 Å². The molecule has 1 fully saturated rings. The van der Waals surface area contributed by atoms with Crippen molar-refractivity contribution in [1.29, 1.82) is 0 Å². The minimum Gasteiger partial charge on any atom is -0.497 e. The highest BCUT2D eigenvalue weighted by Gasteiger charge is 2.25. The van der Waals surface area contributed by atoms with Crippen molar-refractivity contribution in [2.24, 2.45) is 11.7 Å². The third kappa shape index (κ3) is 2.73. The van der Waals surface area contributed by atoms with Crippen LogP contribution in [0.3, 0.4) is 0 Å². The topological polar surface area (TPSA) is 57.2 Å². The van der Waals surface area contributed by atoms with Gasteiger partial charge in [0.05, 0.1) is 7.11 Å². The zero-order valence-corrected chi connectivity index (χ0v) is 15.8. The molecule has 0 aliphatic heterocycles. The number of carbonyl (C=O) groups excluding carboxylic acids is 1. The Kier molecular flexibility index (Phi) is 3.86. The Morgan fingerprint density at radius 1 is 1.04 bits per heavy atom. The lowest BCUT2D eigenvalue weighted by molar-refractivity contribution is 0.100. The predicted molar refractivity (Wildman–Crippen MR) is 113 cm³/mol. The van der Waals surface area contributed by atoms with Gasteiger partial charge < -0.3 is 15.0 Å². The molecule has 0 bridgehead atoms. The summed E-state index contributed by atoms with van der Waals surface area (Å²) in [5.74, 6) is 1.19. The summed E-state index contributed by atoms with van der Waals surface area (Å²) in [5, 5.41) is 2.05. The van der Waals surface area contributed by atoms with E-state index < -0.39 is 0 Å². The summed E-state index contributed by atoms with van der Waals surface area (Å²) in [7, 11) is 1.67. The molecule has 1 aromatic heterocycles. The van der Waals surface area contributed by atoms with E-state index in [2.05, 4.69) is 41.0 Å². The summed E-state index contributed by atoms with van der Waals surface area (Å²) >= 11 is 0. The normalized spacial score (nSPS) is 13.9. The SMILES string of the molecule is COc1ccc(-c2ccc3c4c(C(N)=O)cccc4n(CC4CC4)c3c2)cc1. The Hall–Kier alpha value is -3.27. The molecule has 0 radical (unpaired) electrons. The van der Waals surface area contributed by atoms with Crippen LogP contribution >= 0.6 is 0 Å². The molecule has 4 nitrogen and oxygen atoms in total. The number of methoxy groups -OCH3 is 1.